The maximum Gasteiger partial charge on any atom is 0.224 e. The Balaban J connectivity index is 2.40. The Morgan fingerprint density at radius 3 is 2.71 bits per heavy atom. The van der Waals surface area contributed by atoms with E-state index in [0.29, 0.717) is 18.9 Å². The second-order valence-corrected chi connectivity index (χ2v) is 5.59. The van der Waals surface area contributed by atoms with Crippen molar-refractivity contribution in [2.75, 3.05) is 6.54 Å². The van der Waals surface area contributed by atoms with Crippen LogP contribution in [-0.4, -0.2) is 29.7 Å². The van der Waals surface area contributed by atoms with E-state index in [1.807, 2.05) is 0 Å². The highest BCUT2D eigenvalue weighted by molar-refractivity contribution is 5.79. The van der Waals surface area contributed by atoms with Crippen LogP contribution in [0, 0.1) is 11.8 Å². The van der Waals surface area contributed by atoms with Gasteiger partial charge in [0.15, 0.2) is 0 Å². The molecule has 1 rings (SSSR count). The minimum Gasteiger partial charge on any atom is -0.393 e. The molecule has 0 aromatic carbocycles. The summed E-state index contributed by atoms with van der Waals surface area (Å²) in [5.74, 6) is 0.445. The van der Waals surface area contributed by atoms with Gasteiger partial charge < -0.3 is 16.2 Å². The van der Waals surface area contributed by atoms with Gasteiger partial charge in [-0.05, 0) is 38.0 Å². The molecular formula is C13H26N2O2. The van der Waals surface area contributed by atoms with Gasteiger partial charge in [-0.15, -0.1) is 0 Å². The standard InChI is InChI=1S/C13H26N2O2/c1-9(2)6-10(8-14)13(17)15-11-4-3-5-12(16)7-11/h9-12,16H,3-8,14H2,1-2H3,(H,15,17). The number of aliphatic hydroxyl groups excluding tert-OH is 1. The van der Waals surface area contributed by atoms with Crippen molar-refractivity contribution in [1.82, 2.24) is 5.32 Å². The van der Waals surface area contributed by atoms with Crippen LogP contribution in [0.15, 0.2) is 0 Å². The van der Waals surface area contributed by atoms with Crippen molar-refractivity contribution < 1.29 is 9.90 Å². The fourth-order valence-corrected chi connectivity index (χ4v) is 2.49. The molecule has 0 saturated heterocycles. The molecule has 4 N–H and O–H groups in total. The van der Waals surface area contributed by atoms with Crippen LogP contribution in [0.3, 0.4) is 0 Å². The van der Waals surface area contributed by atoms with Gasteiger partial charge in [-0.1, -0.05) is 13.8 Å². The van der Waals surface area contributed by atoms with Gasteiger partial charge in [-0.25, -0.2) is 0 Å². The van der Waals surface area contributed by atoms with E-state index in [1.165, 1.54) is 0 Å². The van der Waals surface area contributed by atoms with Crippen molar-refractivity contribution >= 4 is 5.91 Å². The highest BCUT2D eigenvalue weighted by Crippen LogP contribution is 2.19. The smallest absolute Gasteiger partial charge is 0.224 e. The van der Waals surface area contributed by atoms with Crippen LogP contribution < -0.4 is 11.1 Å². The van der Waals surface area contributed by atoms with Crippen LogP contribution in [-0.2, 0) is 4.79 Å². The van der Waals surface area contributed by atoms with Crippen LogP contribution in [0.4, 0.5) is 0 Å². The number of carbonyl (C=O) groups excluding carboxylic acids is 1. The zero-order valence-corrected chi connectivity index (χ0v) is 11.0. The second kappa shape index (κ2) is 6.97. The first kappa shape index (κ1) is 14.5. The first-order valence-corrected chi connectivity index (χ1v) is 6.71. The normalized spacial score (nSPS) is 26.9. The average Bonchev–Trinajstić information content (AvgIpc) is 2.25. The number of rotatable bonds is 5. The van der Waals surface area contributed by atoms with E-state index in [4.69, 9.17) is 5.73 Å². The van der Waals surface area contributed by atoms with E-state index in [2.05, 4.69) is 19.2 Å². The van der Waals surface area contributed by atoms with Gasteiger partial charge >= 0.3 is 0 Å². The predicted molar refractivity (Wildman–Crippen MR) is 68.4 cm³/mol. The summed E-state index contributed by atoms with van der Waals surface area (Å²) in [5.41, 5.74) is 5.64. The molecule has 0 aromatic rings. The SMILES string of the molecule is CC(C)CC(CN)C(=O)NC1CCCC(O)C1. The lowest BCUT2D eigenvalue weighted by Crippen LogP contribution is -2.44. The largest absolute Gasteiger partial charge is 0.393 e. The molecule has 1 fully saturated rings. The molecule has 0 bridgehead atoms. The molecule has 17 heavy (non-hydrogen) atoms. The maximum atomic E-state index is 12.0. The van der Waals surface area contributed by atoms with E-state index in [1.54, 1.807) is 0 Å². The quantitative estimate of drug-likeness (QED) is 0.674. The van der Waals surface area contributed by atoms with Crippen LogP contribution in [0.5, 0.6) is 0 Å². The zero-order valence-electron chi connectivity index (χ0n) is 11.0. The summed E-state index contributed by atoms with van der Waals surface area (Å²) in [7, 11) is 0. The lowest BCUT2D eigenvalue weighted by Gasteiger charge is -2.28. The van der Waals surface area contributed by atoms with Gasteiger partial charge in [0.25, 0.3) is 0 Å². The molecule has 3 unspecified atom stereocenters. The first-order valence-electron chi connectivity index (χ1n) is 6.71. The minimum absolute atomic E-state index is 0.0558. The Labute approximate surface area is 104 Å². The first-order chi connectivity index (χ1) is 8.02. The molecule has 1 amide bonds. The summed E-state index contributed by atoms with van der Waals surface area (Å²) in [5, 5.41) is 12.6. The molecule has 1 aliphatic rings. The third-order valence-corrected chi connectivity index (χ3v) is 3.40. The number of carbonyl (C=O) groups is 1. The van der Waals surface area contributed by atoms with E-state index >= 15 is 0 Å². The Morgan fingerprint density at radius 2 is 2.18 bits per heavy atom. The van der Waals surface area contributed by atoms with Crippen molar-refractivity contribution in [2.45, 2.75) is 58.1 Å². The zero-order chi connectivity index (χ0) is 12.8. The van der Waals surface area contributed by atoms with E-state index in [-0.39, 0.29) is 24.0 Å². The summed E-state index contributed by atoms with van der Waals surface area (Å²) in [6.07, 6.45) is 4.09. The van der Waals surface area contributed by atoms with Gasteiger partial charge in [0.05, 0.1) is 12.0 Å². The summed E-state index contributed by atoms with van der Waals surface area (Å²) in [6.45, 7) is 4.60. The molecule has 0 radical (unpaired) electrons. The number of hydrogen-bond acceptors (Lipinski definition) is 3. The lowest BCUT2D eigenvalue weighted by molar-refractivity contribution is -0.126. The Bertz CT molecular complexity index is 244. The number of nitrogens with two attached hydrogens (primary N) is 1. The predicted octanol–water partition coefficient (Wildman–Crippen LogP) is 1.03. The van der Waals surface area contributed by atoms with Crippen LogP contribution in [0.25, 0.3) is 0 Å². The third-order valence-electron chi connectivity index (χ3n) is 3.40. The average molecular weight is 242 g/mol. The number of hydrogen-bond donors (Lipinski definition) is 3. The number of nitrogens with one attached hydrogen (secondary N) is 1. The molecule has 1 saturated carbocycles. The van der Waals surface area contributed by atoms with Crippen LogP contribution in [0.2, 0.25) is 0 Å². The van der Waals surface area contributed by atoms with Gasteiger partial charge in [-0.2, -0.15) is 0 Å². The van der Waals surface area contributed by atoms with Gasteiger partial charge in [0.1, 0.15) is 0 Å². The molecule has 3 atom stereocenters. The molecule has 1 aliphatic carbocycles. The Kier molecular flexibility index (Phi) is 5.92. The summed E-state index contributed by atoms with van der Waals surface area (Å²) in [4.78, 5) is 12.0. The molecule has 100 valence electrons. The molecule has 4 nitrogen and oxygen atoms in total. The third kappa shape index (κ3) is 5.04. The Hall–Kier alpha value is -0.610. The minimum atomic E-state index is -0.254. The van der Waals surface area contributed by atoms with Gasteiger partial charge in [0, 0.05) is 12.6 Å². The van der Waals surface area contributed by atoms with Gasteiger partial charge in [-0.3, -0.25) is 4.79 Å². The summed E-state index contributed by atoms with van der Waals surface area (Å²) in [6, 6.07) is 0.132. The topological polar surface area (TPSA) is 75.4 Å². The summed E-state index contributed by atoms with van der Waals surface area (Å²) >= 11 is 0. The Morgan fingerprint density at radius 1 is 1.47 bits per heavy atom. The van der Waals surface area contributed by atoms with Crippen molar-refractivity contribution in [2.24, 2.45) is 17.6 Å². The molecule has 0 aliphatic heterocycles. The van der Waals surface area contributed by atoms with Crippen molar-refractivity contribution in [3.63, 3.8) is 0 Å². The molecular weight excluding hydrogens is 216 g/mol. The monoisotopic (exact) mass is 242 g/mol. The fraction of sp³-hybridized carbons (Fsp3) is 0.923. The second-order valence-electron chi connectivity index (χ2n) is 5.59. The molecule has 0 spiro atoms. The van der Waals surface area contributed by atoms with Crippen LogP contribution in [0.1, 0.15) is 46.0 Å². The molecule has 0 aromatic heterocycles. The van der Waals surface area contributed by atoms with Gasteiger partial charge in [0.2, 0.25) is 5.91 Å². The van der Waals surface area contributed by atoms with E-state index < -0.39 is 0 Å². The van der Waals surface area contributed by atoms with Crippen molar-refractivity contribution in [1.29, 1.82) is 0 Å². The highest BCUT2D eigenvalue weighted by atomic mass is 16.3. The van der Waals surface area contributed by atoms with Crippen molar-refractivity contribution in [3.05, 3.63) is 0 Å². The van der Waals surface area contributed by atoms with Crippen molar-refractivity contribution in [3.8, 4) is 0 Å². The van der Waals surface area contributed by atoms with E-state index in [9.17, 15) is 9.90 Å². The van der Waals surface area contributed by atoms with Crippen LogP contribution >= 0.6 is 0 Å². The number of amides is 1. The maximum absolute atomic E-state index is 12.0. The van der Waals surface area contributed by atoms with E-state index in [0.717, 1.165) is 25.7 Å². The molecule has 4 heteroatoms. The number of aliphatic hydroxyl groups is 1. The lowest BCUT2D eigenvalue weighted by atomic mass is 9.91. The summed E-state index contributed by atoms with van der Waals surface area (Å²) < 4.78 is 0. The molecule has 0 heterocycles. The highest BCUT2D eigenvalue weighted by Gasteiger charge is 2.25. The fourth-order valence-electron chi connectivity index (χ4n) is 2.49.